The Morgan fingerprint density at radius 2 is 2.04 bits per heavy atom. The molecule has 0 unspecified atom stereocenters. The summed E-state index contributed by atoms with van der Waals surface area (Å²) in [5, 5.41) is 2.79. The molecule has 2 aromatic rings. The van der Waals surface area contributed by atoms with Gasteiger partial charge in [-0.1, -0.05) is 18.2 Å². The van der Waals surface area contributed by atoms with E-state index in [4.69, 9.17) is 0 Å². The number of carbonyl (C=O) groups is 1. The quantitative estimate of drug-likeness (QED) is 0.837. The van der Waals surface area contributed by atoms with Gasteiger partial charge in [0, 0.05) is 18.2 Å². The Morgan fingerprint density at radius 1 is 1.24 bits per heavy atom. The number of fused-ring (bicyclic) bond motifs is 1. The number of aliphatic imine (C=N–C) groups is 1. The number of carbonyl (C=O) groups excluding carboxylic acids is 1. The fraction of sp³-hybridized carbons (Fsp3) is 0.235. The molecule has 0 saturated carbocycles. The summed E-state index contributed by atoms with van der Waals surface area (Å²) in [7, 11) is -3.55. The van der Waals surface area contributed by atoms with Crippen molar-refractivity contribution in [3.63, 3.8) is 0 Å². The Morgan fingerprint density at radius 3 is 2.84 bits per heavy atom. The number of aryl methyl sites for hydroxylation is 1. The first-order valence-corrected chi connectivity index (χ1v) is 9.29. The number of benzene rings is 1. The number of amidine groups is 1. The van der Waals surface area contributed by atoms with E-state index in [9.17, 15) is 13.2 Å². The van der Waals surface area contributed by atoms with Gasteiger partial charge in [-0.2, -0.15) is 0 Å². The molecule has 1 aromatic carbocycles. The molecule has 3 rings (SSSR count). The van der Waals surface area contributed by atoms with Gasteiger partial charge in [0.15, 0.2) is 0 Å². The monoisotopic (exact) mass is 358 g/mol. The van der Waals surface area contributed by atoms with Crippen molar-refractivity contribution in [1.82, 2.24) is 15.0 Å². The van der Waals surface area contributed by atoms with E-state index in [1.807, 2.05) is 19.1 Å². The molecule has 8 heteroatoms. The predicted octanol–water partition coefficient (Wildman–Crippen LogP) is 1.14. The summed E-state index contributed by atoms with van der Waals surface area (Å²) in [6, 6.07) is 10.4. The number of pyridine rings is 1. The van der Waals surface area contributed by atoms with E-state index in [1.165, 1.54) is 6.07 Å². The number of aromatic nitrogens is 1. The number of nitrogens with one attached hydrogen (secondary N) is 2. The van der Waals surface area contributed by atoms with Crippen LogP contribution in [0.4, 0.5) is 0 Å². The van der Waals surface area contributed by atoms with Crippen LogP contribution in [0, 0.1) is 6.92 Å². The third kappa shape index (κ3) is 3.85. The summed E-state index contributed by atoms with van der Waals surface area (Å²) in [4.78, 5) is 20.6. The number of sulfonamides is 1. The summed E-state index contributed by atoms with van der Waals surface area (Å²) in [5.74, 6) is 0.118. The molecule has 1 aromatic heterocycles. The number of hydrogen-bond donors (Lipinski definition) is 2. The molecule has 0 fully saturated rings. The standard InChI is InChI=1S/C17H18N4O3S/c1-12-5-4-9-18-14(12)11-20-16(22)8-10-19-17-13-6-2-3-7-15(13)25(23,24)21-17/h2-7,9H,8,10-11H2,1H3,(H,19,21)(H,20,22). The van der Waals surface area contributed by atoms with E-state index in [0.717, 1.165) is 11.3 Å². The van der Waals surface area contributed by atoms with Crippen molar-refractivity contribution in [2.75, 3.05) is 6.54 Å². The first-order valence-electron chi connectivity index (χ1n) is 7.81. The SMILES string of the molecule is Cc1cccnc1CNC(=O)CCN=C1NS(=O)(=O)c2ccccc21. The first kappa shape index (κ1) is 17.1. The van der Waals surface area contributed by atoms with Crippen molar-refractivity contribution in [2.45, 2.75) is 24.8 Å². The van der Waals surface area contributed by atoms with Crippen LogP contribution in [0.5, 0.6) is 0 Å². The van der Waals surface area contributed by atoms with E-state index in [-0.39, 0.29) is 29.6 Å². The van der Waals surface area contributed by atoms with Gasteiger partial charge < -0.3 is 5.32 Å². The molecule has 0 aliphatic carbocycles. The molecule has 1 amide bonds. The topological polar surface area (TPSA) is 101 Å². The molecule has 2 N–H and O–H groups in total. The summed E-state index contributed by atoms with van der Waals surface area (Å²) in [6.45, 7) is 2.49. The fourth-order valence-corrected chi connectivity index (χ4v) is 3.75. The number of hydrogen-bond acceptors (Lipinski definition) is 5. The second kappa shape index (κ2) is 7.02. The first-order chi connectivity index (χ1) is 12.0. The van der Waals surface area contributed by atoms with Gasteiger partial charge in [0.05, 0.1) is 23.7 Å². The van der Waals surface area contributed by atoms with Crippen molar-refractivity contribution < 1.29 is 13.2 Å². The smallest absolute Gasteiger partial charge is 0.263 e. The molecule has 1 aliphatic rings. The van der Waals surface area contributed by atoms with Crippen LogP contribution in [-0.4, -0.2) is 31.7 Å². The largest absolute Gasteiger partial charge is 0.350 e. The van der Waals surface area contributed by atoms with Gasteiger partial charge in [0.2, 0.25) is 5.91 Å². The fourth-order valence-electron chi connectivity index (χ4n) is 2.49. The molecular weight excluding hydrogens is 340 g/mol. The Hall–Kier alpha value is -2.74. The van der Waals surface area contributed by atoms with Crippen LogP contribution in [0.1, 0.15) is 23.2 Å². The highest BCUT2D eigenvalue weighted by Crippen LogP contribution is 2.22. The summed E-state index contributed by atoms with van der Waals surface area (Å²) in [6.07, 6.45) is 1.85. The van der Waals surface area contributed by atoms with Gasteiger partial charge >= 0.3 is 0 Å². The van der Waals surface area contributed by atoms with Crippen LogP contribution in [0.2, 0.25) is 0 Å². The van der Waals surface area contributed by atoms with Crippen molar-refractivity contribution in [2.24, 2.45) is 4.99 Å². The lowest BCUT2D eigenvalue weighted by molar-refractivity contribution is -0.121. The summed E-state index contributed by atoms with van der Waals surface area (Å²) in [5.41, 5.74) is 2.37. The summed E-state index contributed by atoms with van der Waals surface area (Å²) < 4.78 is 26.4. The highest BCUT2D eigenvalue weighted by atomic mass is 32.2. The zero-order chi connectivity index (χ0) is 17.9. The second-order valence-electron chi connectivity index (χ2n) is 5.63. The van der Waals surface area contributed by atoms with Gasteiger partial charge in [-0.05, 0) is 30.7 Å². The highest BCUT2D eigenvalue weighted by molar-refractivity contribution is 7.90. The summed E-state index contributed by atoms with van der Waals surface area (Å²) >= 11 is 0. The molecule has 2 heterocycles. The molecule has 0 atom stereocenters. The van der Waals surface area contributed by atoms with E-state index in [1.54, 1.807) is 24.4 Å². The Bertz CT molecular complexity index is 938. The lowest BCUT2D eigenvalue weighted by Gasteiger charge is -2.06. The van der Waals surface area contributed by atoms with E-state index >= 15 is 0 Å². The van der Waals surface area contributed by atoms with Crippen molar-refractivity contribution in [1.29, 1.82) is 0 Å². The minimum atomic E-state index is -3.55. The van der Waals surface area contributed by atoms with E-state index < -0.39 is 10.0 Å². The average molecular weight is 358 g/mol. The van der Waals surface area contributed by atoms with Crippen LogP contribution in [0.15, 0.2) is 52.5 Å². The van der Waals surface area contributed by atoms with Crippen LogP contribution in [0.25, 0.3) is 0 Å². The maximum absolute atomic E-state index is 12.0. The van der Waals surface area contributed by atoms with Gasteiger partial charge in [0.25, 0.3) is 10.0 Å². The second-order valence-corrected chi connectivity index (χ2v) is 7.28. The Balaban J connectivity index is 1.57. The van der Waals surface area contributed by atoms with Gasteiger partial charge in [-0.15, -0.1) is 0 Å². The van der Waals surface area contributed by atoms with Crippen molar-refractivity contribution in [3.05, 3.63) is 59.4 Å². The minimum absolute atomic E-state index is 0.163. The van der Waals surface area contributed by atoms with Crippen LogP contribution in [0.3, 0.4) is 0 Å². The lowest BCUT2D eigenvalue weighted by Crippen LogP contribution is -2.25. The van der Waals surface area contributed by atoms with Crippen LogP contribution in [-0.2, 0) is 21.4 Å². The van der Waals surface area contributed by atoms with Crippen LogP contribution < -0.4 is 10.0 Å². The number of nitrogens with zero attached hydrogens (tertiary/aromatic N) is 2. The third-order valence-corrected chi connectivity index (χ3v) is 5.24. The average Bonchev–Trinajstić information content (AvgIpc) is 2.85. The van der Waals surface area contributed by atoms with Crippen LogP contribution >= 0.6 is 0 Å². The Kier molecular flexibility index (Phi) is 4.80. The molecule has 7 nitrogen and oxygen atoms in total. The zero-order valence-electron chi connectivity index (χ0n) is 13.7. The number of rotatable bonds is 5. The van der Waals surface area contributed by atoms with Gasteiger partial charge in [-0.25, -0.2) is 8.42 Å². The molecule has 25 heavy (non-hydrogen) atoms. The normalized spacial score (nSPS) is 16.3. The lowest BCUT2D eigenvalue weighted by atomic mass is 10.2. The molecule has 0 spiro atoms. The Labute approximate surface area is 146 Å². The molecular formula is C17H18N4O3S. The maximum Gasteiger partial charge on any atom is 0.263 e. The van der Waals surface area contributed by atoms with E-state index in [2.05, 4.69) is 20.0 Å². The van der Waals surface area contributed by atoms with Gasteiger partial charge in [0.1, 0.15) is 5.84 Å². The predicted molar refractivity (Wildman–Crippen MR) is 93.6 cm³/mol. The number of amides is 1. The highest BCUT2D eigenvalue weighted by Gasteiger charge is 2.29. The van der Waals surface area contributed by atoms with Crippen molar-refractivity contribution in [3.8, 4) is 0 Å². The zero-order valence-corrected chi connectivity index (χ0v) is 14.5. The molecule has 0 bridgehead atoms. The molecule has 130 valence electrons. The van der Waals surface area contributed by atoms with Gasteiger partial charge in [-0.3, -0.25) is 19.5 Å². The van der Waals surface area contributed by atoms with E-state index in [0.29, 0.717) is 12.1 Å². The third-order valence-electron chi connectivity index (χ3n) is 3.84. The molecule has 0 saturated heterocycles. The molecule has 0 radical (unpaired) electrons. The van der Waals surface area contributed by atoms with Crippen molar-refractivity contribution >= 4 is 21.8 Å². The minimum Gasteiger partial charge on any atom is -0.350 e. The molecule has 1 aliphatic heterocycles. The maximum atomic E-state index is 12.0.